The molecule has 0 bridgehead atoms. The van der Waals surface area contributed by atoms with Crippen LogP contribution in [-0.4, -0.2) is 43.4 Å². The molecular weight excluding hydrogens is 370 g/mol. The van der Waals surface area contributed by atoms with Gasteiger partial charge in [0, 0.05) is 36.5 Å². The van der Waals surface area contributed by atoms with Gasteiger partial charge in [-0.05, 0) is 44.7 Å². The van der Waals surface area contributed by atoms with Crippen LogP contribution in [0.4, 0.5) is 0 Å². The standard InChI is InChI=1S/C21H23N5O3/c1-14-23-18-16(19(27)24-14)4-5-21(18)6-9-26(10-7-21)20(28)17-3-2-15(29-17)12-25-11-8-22-13-25/h2-3,8,11,13H,4-7,9-10,12H2,1H3,(H,23,24,27). The molecule has 150 valence electrons. The molecule has 1 spiro atoms. The molecule has 0 saturated carbocycles. The highest BCUT2D eigenvalue weighted by molar-refractivity contribution is 5.91. The Bertz CT molecular complexity index is 1100. The molecule has 1 N–H and O–H groups in total. The molecule has 1 aliphatic carbocycles. The molecule has 1 aliphatic heterocycles. The smallest absolute Gasteiger partial charge is 0.289 e. The Hall–Kier alpha value is -3.16. The molecule has 1 saturated heterocycles. The maximum atomic E-state index is 12.9. The molecule has 1 fully saturated rings. The van der Waals surface area contributed by atoms with Crippen molar-refractivity contribution < 1.29 is 9.21 Å². The molecule has 2 aliphatic rings. The number of imidazole rings is 1. The number of aromatic amines is 1. The molecule has 4 heterocycles. The molecule has 3 aromatic rings. The first kappa shape index (κ1) is 17.9. The van der Waals surface area contributed by atoms with Crippen molar-refractivity contribution in [3.8, 4) is 0 Å². The highest BCUT2D eigenvalue weighted by atomic mass is 16.4. The van der Waals surface area contributed by atoms with Crippen LogP contribution in [0.3, 0.4) is 0 Å². The van der Waals surface area contributed by atoms with Crippen LogP contribution in [0, 0.1) is 6.92 Å². The number of fused-ring (bicyclic) bond motifs is 2. The first-order valence-corrected chi connectivity index (χ1v) is 9.98. The largest absolute Gasteiger partial charge is 0.454 e. The van der Waals surface area contributed by atoms with E-state index in [0.29, 0.717) is 31.2 Å². The van der Waals surface area contributed by atoms with E-state index in [0.717, 1.165) is 42.7 Å². The van der Waals surface area contributed by atoms with E-state index in [1.54, 1.807) is 18.6 Å². The summed E-state index contributed by atoms with van der Waals surface area (Å²) >= 11 is 0. The molecule has 8 nitrogen and oxygen atoms in total. The number of amides is 1. The number of nitrogens with one attached hydrogen (secondary N) is 1. The lowest BCUT2D eigenvalue weighted by Crippen LogP contribution is -2.44. The molecule has 0 unspecified atom stereocenters. The minimum atomic E-state index is -0.0825. The van der Waals surface area contributed by atoms with Crippen molar-refractivity contribution in [3.05, 3.63) is 69.8 Å². The lowest BCUT2D eigenvalue weighted by Gasteiger charge is -2.39. The van der Waals surface area contributed by atoms with Crippen molar-refractivity contribution in [2.24, 2.45) is 0 Å². The zero-order valence-electron chi connectivity index (χ0n) is 16.4. The number of hydrogen-bond acceptors (Lipinski definition) is 5. The molecule has 1 amide bonds. The topological polar surface area (TPSA) is 97.0 Å². The number of piperidine rings is 1. The number of furan rings is 1. The summed E-state index contributed by atoms with van der Waals surface area (Å²) in [5.41, 5.74) is 1.68. The van der Waals surface area contributed by atoms with Crippen LogP contribution in [0.5, 0.6) is 0 Å². The summed E-state index contributed by atoms with van der Waals surface area (Å²) in [4.78, 5) is 38.5. The number of H-pyrrole nitrogens is 1. The summed E-state index contributed by atoms with van der Waals surface area (Å²) in [5, 5.41) is 0. The van der Waals surface area contributed by atoms with Crippen molar-refractivity contribution in [1.82, 2.24) is 24.4 Å². The number of likely N-dealkylation sites (tertiary alicyclic amines) is 1. The van der Waals surface area contributed by atoms with E-state index in [4.69, 9.17) is 4.42 Å². The van der Waals surface area contributed by atoms with Gasteiger partial charge in [-0.3, -0.25) is 9.59 Å². The minimum Gasteiger partial charge on any atom is -0.454 e. The van der Waals surface area contributed by atoms with Gasteiger partial charge in [0.25, 0.3) is 11.5 Å². The van der Waals surface area contributed by atoms with E-state index in [9.17, 15) is 9.59 Å². The zero-order valence-corrected chi connectivity index (χ0v) is 16.4. The van der Waals surface area contributed by atoms with Crippen molar-refractivity contribution >= 4 is 5.91 Å². The van der Waals surface area contributed by atoms with Crippen LogP contribution in [-0.2, 0) is 18.4 Å². The second kappa shape index (κ2) is 6.72. The number of nitrogens with zero attached hydrogens (tertiary/aromatic N) is 4. The van der Waals surface area contributed by atoms with Crippen molar-refractivity contribution in [3.63, 3.8) is 0 Å². The predicted octanol–water partition coefficient (Wildman–Crippen LogP) is 2.04. The summed E-state index contributed by atoms with van der Waals surface area (Å²) in [6, 6.07) is 3.58. The third-order valence-electron chi connectivity index (χ3n) is 6.27. The van der Waals surface area contributed by atoms with Crippen LogP contribution >= 0.6 is 0 Å². The molecular formula is C21H23N5O3. The van der Waals surface area contributed by atoms with E-state index in [2.05, 4.69) is 15.0 Å². The number of rotatable bonds is 3. The molecule has 8 heteroatoms. The van der Waals surface area contributed by atoms with Crippen LogP contribution in [0.25, 0.3) is 0 Å². The molecule has 0 atom stereocenters. The van der Waals surface area contributed by atoms with Crippen LogP contribution < -0.4 is 5.56 Å². The van der Waals surface area contributed by atoms with Crippen LogP contribution in [0.1, 0.15) is 52.7 Å². The van der Waals surface area contributed by atoms with E-state index in [1.165, 1.54) is 0 Å². The van der Waals surface area contributed by atoms with Crippen LogP contribution in [0.15, 0.2) is 40.1 Å². The van der Waals surface area contributed by atoms with Gasteiger partial charge in [0.15, 0.2) is 5.76 Å². The summed E-state index contributed by atoms with van der Waals surface area (Å²) in [7, 11) is 0. The Morgan fingerprint density at radius 1 is 1.28 bits per heavy atom. The van der Waals surface area contributed by atoms with Gasteiger partial charge in [0.1, 0.15) is 11.6 Å². The van der Waals surface area contributed by atoms with E-state index >= 15 is 0 Å². The quantitative estimate of drug-likeness (QED) is 0.734. The molecule has 5 rings (SSSR count). The first-order chi connectivity index (χ1) is 14.0. The van der Waals surface area contributed by atoms with Gasteiger partial charge in [-0.25, -0.2) is 9.97 Å². The number of carbonyl (C=O) groups is 1. The van der Waals surface area contributed by atoms with E-state index in [-0.39, 0.29) is 16.9 Å². The van der Waals surface area contributed by atoms with Crippen molar-refractivity contribution in [1.29, 1.82) is 0 Å². The van der Waals surface area contributed by atoms with E-state index in [1.807, 2.05) is 28.7 Å². The summed E-state index contributed by atoms with van der Waals surface area (Å²) < 4.78 is 7.67. The maximum absolute atomic E-state index is 12.9. The normalized spacial score (nSPS) is 17.6. The van der Waals surface area contributed by atoms with Crippen molar-refractivity contribution in [2.45, 2.75) is 44.6 Å². The average molecular weight is 393 g/mol. The number of aryl methyl sites for hydroxylation is 1. The van der Waals surface area contributed by atoms with Crippen molar-refractivity contribution in [2.75, 3.05) is 13.1 Å². The maximum Gasteiger partial charge on any atom is 0.289 e. The number of carbonyl (C=O) groups excluding carboxylic acids is 1. The van der Waals surface area contributed by atoms with Gasteiger partial charge in [-0.1, -0.05) is 0 Å². The molecule has 0 radical (unpaired) electrons. The first-order valence-electron chi connectivity index (χ1n) is 9.98. The summed E-state index contributed by atoms with van der Waals surface area (Å²) in [6.45, 7) is 3.66. The van der Waals surface area contributed by atoms with Gasteiger partial charge >= 0.3 is 0 Å². The highest BCUT2D eigenvalue weighted by Crippen LogP contribution is 2.44. The third-order valence-corrected chi connectivity index (χ3v) is 6.27. The number of hydrogen-bond donors (Lipinski definition) is 1. The fourth-order valence-electron chi connectivity index (χ4n) is 4.68. The van der Waals surface area contributed by atoms with Gasteiger partial charge in [0.2, 0.25) is 0 Å². The predicted molar refractivity (Wildman–Crippen MR) is 105 cm³/mol. The summed E-state index contributed by atoms with van der Waals surface area (Å²) in [6.07, 6.45) is 8.63. The Morgan fingerprint density at radius 2 is 2.10 bits per heavy atom. The van der Waals surface area contributed by atoms with Crippen LogP contribution in [0.2, 0.25) is 0 Å². The molecule has 0 aromatic carbocycles. The molecule has 29 heavy (non-hydrogen) atoms. The van der Waals surface area contributed by atoms with Gasteiger partial charge < -0.3 is 18.9 Å². The Morgan fingerprint density at radius 3 is 2.86 bits per heavy atom. The monoisotopic (exact) mass is 393 g/mol. The molecule has 3 aromatic heterocycles. The second-order valence-corrected chi connectivity index (χ2v) is 8.05. The minimum absolute atomic E-state index is 0.0103. The fourth-order valence-corrected chi connectivity index (χ4v) is 4.68. The Labute approximate surface area is 167 Å². The SMILES string of the molecule is Cc1nc2c(c(=O)[nH]1)CCC21CCN(C(=O)c2ccc(Cn3ccnc3)o2)CC1. The van der Waals surface area contributed by atoms with Gasteiger partial charge in [-0.15, -0.1) is 0 Å². The third kappa shape index (κ3) is 3.08. The van der Waals surface area contributed by atoms with E-state index < -0.39 is 0 Å². The highest BCUT2D eigenvalue weighted by Gasteiger charge is 2.44. The number of aromatic nitrogens is 4. The average Bonchev–Trinajstić information content (AvgIpc) is 3.45. The Kier molecular flexibility index (Phi) is 4.15. The second-order valence-electron chi connectivity index (χ2n) is 8.05. The lowest BCUT2D eigenvalue weighted by atomic mass is 9.76. The Balaban J connectivity index is 1.29. The zero-order chi connectivity index (χ0) is 20.0. The van der Waals surface area contributed by atoms with Gasteiger partial charge in [0.05, 0.1) is 18.6 Å². The fraction of sp³-hybridized carbons (Fsp3) is 0.429. The van der Waals surface area contributed by atoms with Gasteiger partial charge in [-0.2, -0.15) is 0 Å². The summed E-state index contributed by atoms with van der Waals surface area (Å²) in [5.74, 6) is 1.68. The lowest BCUT2D eigenvalue weighted by molar-refractivity contribution is 0.0629.